The van der Waals surface area contributed by atoms with Crippen LogP contribution in [0, 0.1) is 47.3 Å². The third-order valence-corrected chi connectivity index (χ3v) is 20.5. The highest BCUT2D eigenvalue weighted by atomic mass is 16.3. The Bertz CT molecular complexity index is 3520. The van der Waals surface area contributed by atoms with Crippen LogP contribution in [0.4, 0.5) is 17.1 Å². The molecule has 0 radical (unpaired) electrons. The molecule has 1 aromatic heterocycles. The molecule has 2 heteroatoms. The Labute approximate surface area is 417 Å². The molecule has 71 heavy (non-hydrogen) atoms. The van der Waals surface area contributed by atoms with Crippen molar-refractivity contribution in [2.45, 2.75) is 81.5 Å². The Morgan fingerprint density at radius 1 is 0.366 bits per heavy atom. The molecule has 1 spiro atoms. The minimum atomic E-state index is -0.455. The maximum atomic E-state index is 6.70. The second-order valence-corrected chi connectivity index (χ2v) is 24.0. The van der Waals surface area contributed by atoms with Gasteiger partial charge in [-0.3, -0.25) is 0 Å². The normalized spacial score (nSPS) is 29.7. The summed E-state index contributed by atoms with van der Waals surface area (Å²) in [6.07, 6.45) is 14.5. The number of hydrogen-bond acceptors (Lipinski definition) is 2. The molecular formula is C69H59NO. The summed E-state index contributed by atoms with van der Waals surface area (Å²) in [5, 5.41) is 2.30. The van der Waals surface area contributed by atoms with Crippen LogP contribution in [0.2, 0.25) is 0 Å². The maximum Gasteiger partial charge on any atom is 0.137 e. The predicted molar refractivity (Wildman–Crippen MR) is 290 cm³/mol. The lowest BCUT2D eigenvalue weighted by atomic mass is 9.50. The molecular weight excluding hydrogens is 859 g/mol. The lowest BCUT2D eigenvalue weighted by Crippen LogP contribution is -2.43. The van der Waals surface area contributed by atoms with Crippen molar-refractivity contribution >= 4 is 39.0 Å². The van der Waals surface area contributed by atoms with Crippen LogP contribution in [-0.2, 0) is 5.41 Å². The van der Waals surface area contributed by atoms with E-state index in [9.17, 15) is 0 Å². The number of fused-ring (bicyclic) bond motifs is 13. The first kappa shape index (κ1) is 40.0. The zero-order valence-corrected chi connectivity index (χ0v) is 40.4. The summed E-state index contributed by atoms with van der Waals surface area (Å²) >= 11 is 0. The number of rotatable bonds is 6. The number of furan rings is 1. The lowest BCUT2D eigenvalue weighted by molar-refractivity contribution is -0.00283. The van der Waals surface area contributed by atoms with Crippen molar-refractivity contribution in [3.63, 3.8) is 0 Å². The smallest absolute Gasteiger partial charge is 0.137 e. The van der Waals surface area contributed by atoms with E-state index in [1.54, 1.807) is 11.1 Å². The van der Waals surface area contributed by atoms with Crippen LogP contribution in [0.25, 0.3) is 55.3 Å². The number of anilines is 3. The van der Waals surface area contributed by atoms with Gasteiger partial charge in [0.2, 0.25) is 0 Å². The standard InChI is InChI=1S/C69H59NO/c1-2-11-44(12-3-1)52-13-5-8-18-62(52)70(51-23-26-56-55-14-6-9-20-64(55)71-65(56)39-51)63-19-10-17-59-68(63)57-15-4-7-16-58(57)69(59)60-37-45(66-47-29-40-27-41(31-47)32-48(66)30-40)21-24-53(60)54-25-22-46(38-61(54)69)67-49-33-42-28-43(35-49)36-50(67)34-42/h1-26,37-43,47-50,66-67H,27-36H2. The van der Waals surface area contributed by atoms with Crippen LogP contribution in [0.1, 0.15) is 109 Å². The number of nitrogens with zero attached hydrogens (tertiary/aromatic N) is 1. The van der Waals surface area contributed by atoms with Crippen molar-refractivity contribution in [3.05, 3.63) is 209 Å². The second kappa shape index (κ2) is 14.7. The van der Waals surface area contributed by atoms with Gasteiger partial charge in [0.15, 0.2) is 0 Å². The summed E-state index contributed by atoms with van der Waals surface area (Å²) in [6.45, 7) is 0. The van der Waals surface area contributed by atoms with Crippen molar-refractivity contribution in [2.75, 3.05) is 4.90 Å². The van der Waals surface area contributed by atoms with Crippen LogP contribution < -0.4 is 4.90 Å². The third-order valence-electron chi connectivity index (χ3n) is 20.5. The Morgan fingerprint density at radius 2 is 0.901 bits per heavy atom. The quantitative estimate of drug-likeness (QED) is 0.165. The summed E-state index contributed by atoms with van der Waals surface area (Å²) in [5.41, 5.74) is 21.9. The Kier molecular flexibility index (Phi) is 8.30. The van der Waals surface area contributed by atoms with Crippen molar-refractivity contribution in [3.8, 4) is 33.4 Å². The maximum absolute atomic E-state index is 6.70. The molecule has 19 rings (SSSR count). The van der Waals surface area contributed by atoms with E-state index in [4.69, 9.17) is 4.42 Å². The van der Waals surface area contributed by atoms with Gasteiger partial charge in [0.05, 0.1) is 16.8 Å². The molecule has 0 saturated heterocycles. The van der Waals surface area contributed by atoms with Gasteiger partial charge in [0.1, 0.15) is 11.2 Å². The van der Waals surface area contributed by atoms with Crippen LogP contribution in [0.5, 0.6) is 0 Å². The molecule has 0 N–H and O–H groups in total. The molecule has 0 amide bonds. The molecule has 8 fully saturated rings. The zero-order chi connectivity index (χ0) is 46.1. The molecule has 8 bridgehead atoms. The Morgan fingerprint density at radius 3 is 1.56 bits per heavy atom. The minimum Gasteiger partial charge on any atom is -0.456 e. The fourth-order valence-electron chi connectivity index (χ4n) is 18.6. The summed E-state index contributed by atoms with van der Waals surface area (Å²) in [4.78, 5) is 2.57. The van der Waals surface area contributed by atoms with E-state index in [0.717, 1.165) is 80.7 Å². The van der Waals surface area contributed by atoms with E-state index >= 15 is 0 Å². The molecule has 346 valence electrons. The van der Waals surface area contributed by atoms with Gasteiger partial charge in [-0.05, 0) is 209 Å². The van der Waals surface area contributed by atoms with E-state index < -0.39 is 5.41 Å². The first-order valence-electron chi connectivity index (χ1n) is 27.5. The molecule has 1 heterocycles. The molecule has 2 nitrogen and oxygen atoms in total. The molecule has 8 saturated carbocycles. The molecule has 0 unspecified atom stereocenters. The summed E-state index contributed by atoms with van der Waals surface area (Å²) in [6, 6.07) is 68.3. The third kappa shape index (κ3) is 5.55. The van der Waals surface area contributed by atoms with Crippen LogP contribution in [0.15, 0.2) is 180 Å². The van der Waals surface area contributed by atoms with Crippen molar-refractivity contribution in [1.82, 2.24) is 0 Å². The topological polar surface area (TPSA) is 16.4 Å². The van der Waals surface area contributed by atoms with Gasteiger partial charge in [-0.25, -0.2) is 0 Å². The van der Waals surface area contributed by atoms with E-state index in [1.807, 2.05) is 0 Å². The predicted octanol–water partition coefficient (Wildman–Crippen LogP) is 18.1. The molecule has 0 aliphatic heterocycles. The van der Waals surface area contributed by atoms with Crippen molar-refractivity contribution in [1.29, 1.82) is 0 Å². The van der Waals surface area contributed by atoms with Crippen molar-refractivity contribution < 1.29 is 4.42 Å². The monoisotopic (exact) mass is 917 g/mol. The van der Waals surface area contributed by atoms with Gasteiger partial charge in [0, 0.05) is 33.7 Å². The van der Waals surface area contributed by atoms with E-state index in [-0.39, 0.29) is 0 Å². The minimum absolute atomic E-state index is 0.455. The molecule has 10 aliphatic carbocycles. The first-order chi connectivity index (χ1) is 35.1. The highest BCUT2D eigenvalue weighted by molar-refractivity contribution is 6.07. The number of benzene rings is 8. The highest BCUT2D eigenvalue weighted by Crippen LogP contribution is 2.68. The molecule has 0 atom stereocenters. The van der Waals surface area contributed by atoms with E-state index in [2.05, 4.69) is 181 Å². The average molecular weight is 918 g/mol. The summed E-state index contributed by atoms with van der Waals surface area (Å²) < 4.78 is 6.70. The molecule has 8 aromatic carbocycles. The Hall–Kier alpha value is -6.64. The van der Waals surface area contributed by atoms with Crippen LogP contribution in [0.3, 0.4) is 0 Å². The van der Waals surface area contributed by atoms with Crippen molar-refractivity contribution in [2.24, 2.45) is 47.3 Å². The highest BCUT2D eigenvalue weighted by Gasteiger charge is 2.55. The lowest BCUT2D eigenvalue weighted by Gasteiger charge is -2.54. The van der Waals surface area contributed by atoms with Crippen LogP contribution in [-0.4, -0.2) is 0 Å². The number of hydrogen-bond donors (Lipinski definition) is 0. The van der Waals surface area contributed by atoms with Gasteiger partial charge >= 0.3 is 0 Å². The van der Waals surface area contributed by atoms with E-state index in [1.165, 1.54) is 126 Å². The van der Waals surface area contributed by atoms with E-state index in [0.29, 0.717) is 11.8 Å². The van der Waals surface area contributed by atoms with Gasteiger partial charge in [0.25, 0.3) is 0 Å². The van der Waals surface area contributed by atoms with Crippen LogP contribution >= 0.6 is 0 Å². The average Bonchev–Trinajstić information content (AvgIpc) is 4.04. The first-order valence-corrected chi connectivity index (χ1v) is 27.5. The van der Waals surface area contributed by atoms with Gasteiger partial charge in [-0.2, -0.15) is 0 Å². The fraction of sp³-hybridized carbons (Fsp3) is 0.304. The zero-order valence-electron chi connectivity index (χ0n) is 40.4. The summed E-state index contributed by atoms with van der Waals surface area (Å²) in [5.74, 6) is 8.45. The summed E-state index contributed by atoms with van der Waals surface area (Å²) in [7, 11) is 0. The Balaban J connectivity index is 0.925. The van der Waals surface area contributed by atoms with Gasteiger partial charge in [-0.1, -0.05) is 140 Å². The SMILES string of the molecule is c1ccc(-c2ccccc2N(c2ccc3c(c2)oc2ccccc23)c2cccc3c2-c2ccccc2C32c3cc(C4C5CC6CC(C5)CC4C6)ccc3-c3ccc(C4C5CC6CC(C5)CC4C6)cc32)cc1. The molecule has 9 aromatic rings. The largest absolute Gasteiger partial charge is 0.456 e. The fourth-order valence-corrected chi connectivity index (χ4v) is 18.6. The second-order valence-electron chi connectivity index (χ2n) is 24.0. The molecule has 10 aliphatic rings. The van der Waals surface area contributed by atoms with Gasteiger partial charge in [-0.15, -0.1) is 0 Å². The van der Waals surface area contributed by atoms with Gasteiger partial charge < -0.3 is 9.32 Å². The number of para-hydroxylation sites is 2.